The molecule has 154 valence electrons. The number of rotatable bonds is 0. The maximum Gasteiger partial charge on any atom is 0.0543 e. The van der Waals surface area contributed by atoms with Crippen LogP contribution in [0.25, 0.3) is 0 Å². The van der Waals surface area contributed by atoms with Gasteiger partial charge in [0.05, 0.1) is 6.10 Å². The van der Waals surface area contributed by atoms with E-state index in [0.717, 1.165) is 54.3 Å². The quantitative estimate of drug-likeness (QED) is 0.502. The number of hydrogen-bond acceptors (Lipinski definition) is 1. The molecule has 0 spiro atoms. The zero-order chi connectivity index (χ0) is 19.2. The van der Waals surface area contributed by atoms with Gasteiger partial charge < -0.3 is 5.11 Å². The van der Waals surface area contributed by atoms with Crippen LogP contribution in [-0.4, -0.2) is 11.2 Å². The van der Waals surface area contributed by atoms with Gasteiger partial charge in [-0.3, -0.25) is 0 Å². The van der Waals surface area contributed by atoms with Crippen LogP contribution in [0.1, 0.15) is 98.8 Å². The largest absolute Gasteiger partial charge is 0.393 e. The van der Waals surface area contributed by atoms with Gasteiger partial charge in [-0.15, -0.1) is 0 Å². The zero-order valence-corrected chi connectivity index (χ0v) is 18.6. The Balaban J connectivity index is 1.50. The summed E-state index contributed by atoms with van der Waals surface area (Å²) in [5, 5.41) is 10.2. The Morgan fingerprint density at radius 2 is 1.48 bits per heavy atom. The molecule has 0 bridgehead atoms. The van der Waals surface area contributed by atoms with E-state index in [2.05, 4.69) is 34.6 Å². The Morgan fingerprint density at radius 1 is 0.778 bits per heavy atom. The lowest BCUT2D eigenvalue weighted by Gasteiger charge is -2.69. The summed E-state index contributed by atoms with van der Waals surface area (Å²) in [5.74, 6) is 6.53. The number of aliphatic hydroxyl groups is 1. The molecule has 0 saturated heterocycles. The summed E-state index contributed by atoms with van der Waals surface area (Å²) in [6.45, 7) is 13.3. The van der Waals surface area contributed by atoms with Crippen LogP contribution in [0.5, 0.6) is 0 Å². The Labute approximate surface area is 168 Å². The van der Waals surface area contributed by atoms with E-state index in [0.29, 0.717) is 16.2 Å². The van der Waals surface area contributed by atoms with Crippen molar-refractivity contribution in [3.8, 4) is 0 Å². The molecule has 0 amide bonds. The average Bonchev–Trinajstić information content (AvgIpc) is 2.96. The molecule has 5 rings (SSSR count). The van der Waals surface area contributed by atoms with Crippen molar-refractivity contribution >= 4 is 0 Å². The van der Waals surface area contributed by atoms with Gasteiger partial charge >= 0.3 is 0 Å². The van der Waals surface area contributed by atoms with Crippen molar-refractivity contribution in [1.29, 1.82) is 0 Å². The van der Waals surface area contributed by atoms with Crippen molar-refractivity contribution in [2.45, 2.75) is 105 Å². The fraction of sp³-hybridized carbons (Fsp3) is 1.00. The van der Waals surface area contributed by atoms with E-state index in [1.165, 1.54) is 51.4 Å². The molecule has 5 fully saturated rings. The predicted molar refractivity (Wildman–Crippen MR) is 112 cm³/mol. The van der Waals surface area contributed by atoms with Gasteiger partial charge in [0.1, 0.15) is 0 Å². The summed E-state index contributed by atoms with van der Waals surface area (Å²) in [7, 11) is 0. The highest BCUT2D eigenvalue weighted by Gasteiger charge is 2.68. The molecule has 5 saturated carbocycles. The number of aliphatic hydroxyl groups excluding tert-OH is 1. The molecule has 10 unspecified atom stereocenters. The number of fused-ring (bicyclic) bond motifs is 7. The minimum Gasteiger partial charge on any atom is -0.393 e. The Kier molecular flexibility index (Phi) is 4.21. The van der Waals surface area contributed by atoms with Crippen LogP contribution in [0, 0.1) is 57.7 Å². The van der Waals surface area contributed by atoms with Crippen LogP contribution < -0.4 is 0 Å². The molecule has 0 aromatic heterocycles. The van der Waals surface area contributed by atoms with Crippen LogP contribution in [-0.2, 0) is 0 Å². The topological polar surface area (TPSA) is 20.2 Å². The van der Waals surface area contributed by atoms with Gasteiger partial charge in [-0.2, -0.15) is 0 Å². The maximum atomic E-state index is 10.2. The lowest BCUT2D eigenvalue weighted by Crippen LogP contribution is -2.63. The molecule has 27 heavy (non-hydrogen) atoms. The third kappa shape index (κ3) is 2.27. The molecule has 1 heteroatoms. The third-order valence-corrected chi connectivity index (χ3v) is 12.3. The van der Waals surface area contributed by atoms with Gasteiger partial charge in [0.15, 0.2) is 0 Å². The van der Waals surface area contributed by atoms with Crippen molar-refractivity contribution in [3.63, 3.8) is 0 Å². The molecule has 5 aliphatic rings. The van der Waals surface area contributed by atoms with Crippen LogP contribution in [0.2, 0.25) is 0 Å². The van der Waals surface area contributed by atoms with Crippen molar-refractivity contribution in [1.82, 2.24) is 0 Å². The Bertz CT molecular complexity index is 595. The molecule has 1 nitrogen and oxygen atoms in total. The monoisotopic (exact) mass is 372 g/mol. The summed E-state index contributed by atoms with van der Waals surface area (Å²) in [6, 6.07) is 0. The fourth-order valence-corrected chi connectivity index (χ4v) is 10.3. The lowest BCUT2D eigenvalue weighted by molar-refractivity contribution is -0.213. The third-order valence-electron chi connectivity index (χ3n) is 12.3. The van der Waals surface area contributed by atoms with E-state index in [-0.39, 0.29) is 6.10 Å². The van der Waals surface area contributed by atoms with Gasteiger partial charge in [0.2, 0.25) is 0 Å². The van der Waals surface area contributed by atoms with Gasteiger partial charge in [0, 0.05) is 0 Å². The normalized spacial score (nSPS) is 59.3. The Hall–Kier alpha value is -0.0400. The van der Waals surface area contributed by atoms with E-state index in [4.69, 9.17) is 0 Å². The fourth-order valence-electron chi connectivity index (χ4n) is 10.3. The van der Waals surface area contributed by atoms with E-state index in [1.807, 2.05) is 0 Å². The molecule has 0 radical (unpaired) electrons. The van der Waals surface area contributed by atoms with Crippen molar-refractivity contribution in [2.75, 3.05) is 0 Å². The van der Waals surface area contributed by atoms with Crippen LogP contribution >= 0.6 is 0 Å². The van der Waals surface area contributed by atoms with E-state index in [1.54, 1.807) is 0 Å². The minimum absolute atomic E-state index is 0.00443. The lowest BCUT2D eigenvalue weighted by atomic mass is 9.35. The molecule has 5 aliphatic carbocycles. The molecule has 10 atom stereocenters. The van der Waals surface area contributed by atoms with Gasteiger partial charge in [-0.25, -0.2) is 0 Å². The standard InChI is InChI=1S/C26H44O/c1-16-23-21-9-7-17-15-18(27)8-10-19(17)20(21)11-12-22(23)25(4)13-6-14-26(25,5)24(16,2)3/h16-23,27H,6-15H2,1-5H3. The first-order valence-electron chi connectivity index (χ1n) is 12.4. The molecular weight excluding hydrogens is 328 g/mol. The van der Waals surface area contributed by atoms with Crippen LogP contribution in [0.4, 0.5) is 0 Å². The summed E-state index contributed by atoms with van der Waals surface area (Å²) in [5.41, 5.74) is 1.55. The SMILES string of the molecule is CC1C2C3CCC4CC(O)CCC4C3CCC2C2(C)CCCC2(C)C1(C)C. The smallest absolute Gasteiger partial charge is 0.0543 e. The summed E-state index contributed by atoms with van der Waals surface area (Å²) in [6.07, 6.45) is 13.8. The molecular formula is C26H44O. The summed E-state index contributed by atoms with van der Waals surface area (Å²) >= 11 is 0. The van der Waals surface area contributed by atoms with Gasteiger partial charge in [0.25, 0.3) is 0 Å². The average molecular weight is 373 g/mol. The Morgan fingerprint density at radius 3 is 2.26 bits per heavy atom. The second-order valence-electron chi connectivity index (χ2n) is 12.7. The molecule has 1 N–H and O–H groups in total. The first-order valence-corrected chi connectivity index (χ1v) is 12.4. The second-order valence-corrected chi connectivity index (χ2v) is 12.7. The van der Waals surface area contributed by atoms with E-state index in [9.17, 15) is 5.11 Å². The summed E-state index contributed by atoms with van der Waals surface area (Å²) < 4.78 is 0. The molecule has 0 heterocycles. The predicted octanol–water partition coefficient (Wildman–Crippen LogP) is 6.69. The van der Waals surface area contributed by atoms with Crippen molar-refractivity contribution in [2.24, 2.45) is 57.7 Å². The zero-order valence-electron chi connectivity index (χ0n) is 18.6. The van der Waals surface area contributed by atoms with Gasteiger partial charge in [-0.1, -0.05) is 41.0 Å². The molecule has 0 aromatic carbocycles. The maximum absolute atomic E-state index is 10.2. The van der Waals surface area contributed by atoms with E-state index >= 15 is 0 Å². The van der Waals surface area contributed by atoms with Crippen molar-refractivity contribution in [3.05, 3.63) is 0 Å². The first-order chi connectivity index (χ1) is 12.7. The second kappa shape index (κ2) is 5.99. The van der Waals surface area contributed by atoms with Gasteiger partial charge in [-0.05, 0) is 115 Å². The molecule has 0 aliphatic heterocycles. The van der Waals surface area contributed by atoms with E-state index < -0.39 is 0 Å². The number of hydrogen-bond donors (Lipinski definition) is 1. The highest BCUT2D eigenvalue weighted by atomic mass is 16.3. The highest BCUT2D eigenvalue weighted by molar-refractivity contribution is 5.17. The van der Waals surface area contributed by atoms with Crippen LogP contribution in [0.15, 0.2) is 0 Å². The van der Waals surface area contributed by atoms with Crippen molar-refractivity contribution < 1.29 is 5.11 Å². The highest BCUT2D eigenvalue weighted by Crippen LogP contribution is 2.76. The molecule has 0 aromatic rings. The minimum atomic E-state index is 0.00443. The summed E-state index contributed by atoms with van der Waals surface area (Å²) in [4.78, 5) is 0. The van der Waals surface area contributed by atoms with Crippen LogP contribution in [0.3, 0.4) is 0 Å². The first kappa shape index (κ1) is 19.0.